The second-order valence-corrected chi connectivity index (χ2v) is 2.31. The maximum absolute atomic E-state index is 9.56. The van der Waals surface area contributed by atoms with Crippen LogP contribution in [0.4, 0.5) is 0 Å². The van der Waals surface area contributed by atoms with E-state index in [2.05, 4.69) is 0 Å². The molecule has 0 rings (SSSR count). The third-order valence-corrected chi connectivity index (χ3v) is 0. The van der Waals surface area contributed by atoms with Crippen LogP contribution in [0.25, 0.3) is 16.0 Å². The van der Waals surface area contributed by atoms with Gasteiger partial charge < -0.3 is 11.1 Å². The first-order valence-electron chi connectivity index (χ1n) is 1.38. The second kappa shape index (κ2) is 15.7. The zero-order valence-corrected chi connectivity index (χ0v) is 7.97. The predicted molar refractivity (Wildman–Crippen MR) is 30.1 cm³/mol. The third-order valence-electron chi connectivity index (χ3n) is 0. The van der Waals surface area contributed by atoms with Gasteiger partial charge in [-0.1, -0.05) is 0 Å². The fourth-order valence-corrected chi connectivity index (χ4v) is 0. The van der Waals surface area contributed by atoms with Gasteiger partial charge in [-0.05, 0) is 0 Å². The van der Waals surface area contributed by atoms with Crippen molar-refractivity contribution in [2.45, 2.75) is 0 Å². The summed E-state index contributed by atoms with van der Waals surface area (Å²) in [5.41, 5.74) is 13.5. The Morgan fingerprint density at radius 1 is 1.38 bits per heavy atom. The molecule has 0 saturated heterocycles. The average molecular weight is 143 g/mol. The van der Waals surface area contributed by atoms with Crippen LogP contribution in [0.3, 0.4) is 0 Å². The largest absolute Gasteiger partial charge is 1.00 e. The third kappa shape index (κ3) is 910. The van der Waals surface area contributed by atoms with Gasteiger partial charge in [-0.25, -0.2) is 0 Å². The van der Waals surface area contributed by atoms with E-state index < -0.39 is 10.8 Å². The Morgan fingerprint density at radius 3 is 1.38 bits per heavy atom. The molecule has 0 fully saturated rings. The van der Waals surface area contributed by atoms with Crippen LogP contribution in [0.2, 0.25) is 0 Å². The quantitative estimate of drug-likeness (QED) is 0.165. The molecule has 0 aliphatic heterocycles. The summed E-state index contributed by atoms with van der Waals surface area (Å²) in [5, 5.41) is 0. The average Bonchev–Trinajstić information content (AvgIpc) is 1.33. The minimum atomic E-state index is -0.611. The molecule has 6 heteroatoms. The van der Waals surface area contributed by atoms with Crippen LogP contribution in [-0.4, -0.2) is 16.7 Å². The van der Waals surface area contributed by atoms with E-state index >= 15 is 0 Å². The summed E-state index contributed by atoms with van der Waals surface area (Å²) in [6.45, 7) is 0. The van der Waals surface area contributed by atoms with E-state index in [4.69, 9.17) is 11.1 Å². The molecular weight excluding hydrogens is 137 g/mol. The monoisotopic (exact) mass is 143 g/mol. The molecule has 0 N–H and O–H groups in total. The van der Waals surface area contributed by atoms with Crippen molar-refractivity contribution in [3.05, 3.63) is 16.0 Å². The molecule has 0 aromatic rings. The van der Waals surface area contributed by atoms with Gasteiger partial charge in [0.15, 0.2) is 0 Å². The summed E-state index contributed by atoms with van der Waals surface area (Å²) in [7, 11) is -0.611. The van der Waals surface area contributed by atoms with E-state index in [-0.39, 0.29) is 29.6 Å². The minimum Gasteiger partial charge on any atom is -0.373 e. The Balaban J connectivity index is -0.0000000575. The zero-order valence-electron chi connectivity index (χ0n) is 5.16. The maximum Gasteiger partial charge on any atom is 1.00 e. The Kier molecular flexibility index (Phi) is 30.9. The molecule has 0 unspecified atom stereocenters. The van der Waals surface area contributed by atoms with Crippen molar-refractivity contribution in [1.82, 2.24) is 0 Å². The van der Waals surface area contributed by atoms with E-state index in [0.29, 0.717) is 0 Å². The van der Waals surface area contributed by atoms with Gasteiger partial charge in [-0.15, -0.1) is 0 Å². The van der Waals surface area contributed by atoms with Crippen molar-refractivity contribution in [1.29, 1.82) is 0 Å². The van der Waals surface area contributed by atoms with E-state index in [0.717, 1.165) is 0 Å². The van der Waals surface area contributed by atoms with E-state index in [9.17, 15) is 4.21 Å². The van der Waals surface area contributed by atoms with Crippen molar-refractivity contribution in [2.75, 3.05) is 12.5 Å². The molecule has 0 bridgehead atoms. The summed E-state index contributed by atoms with van der Waals surface area (Å²) >= 11 is 0. The summed E-state index contributed by atoms with van der Waals surface area (Å²) < 4.78 is 9.56. The molecule has 0 aromatic heterocycles. The van der Waals surface area contributed by atoms with Crippen LogP contribution in [0.5, 0.6) is 0 Å². The molecule has 42 valence electrons. The summed E-state index contributed by atoms with van der Waals surface area (Å²) in [5.74, 6) is 0. The van der Waals surface area contributed by atoms with Crippen LogP contribution >= 0.6 is 0 Å². The van der Waals surface area contributed by atoms with Crippen LogP contribution in [0.15, 0.2) is 0 Å². The van der Waals surface area contributed by atoms with Crippen molar-refractivity contribution in [3.63, 3.8) is 0 Å². The Labute approximate surface area is 72.8 Å². The number of rotatable bonds is 0. The number of nitrogens with zero attached hydrogens (tertiary/aromatic N) is 3. The topological polar surface area (TPSA) is 75.8 Å². The predicted octanol–water partition coefficient (Wildman–Crippen LogP) is -2.14. The fraction of sp³-hybridized carbons (Fsp3) is 1.00. The Hall–Kier alpha value is 0.460. The smallest absolute Gasteiger partial charge is 0.373 e. The summed E-state index contributed by atoms with van der Waals surface area (Å²) in [4.78, 5) is 1.50. The first-order valence-corrected chi connectivity index (χ1v) is 3.35. The molecule has 0 heterocycles. The van der Waals surface area contributed by atoms with Gasteiger partial charge in [0.1, 0.15) is 0 Å². The van der Waals surface area contributed by atoms with Gasteiger partial charge in [0, 0.05) is 23.3 Å². The van der Waals surface area contributed by atoms with Crippen LogP contribution in [0.1, 0.15) is 0 Å². The summed E-state index contributed by atoms with van der Waals surface area (Å²) in [6.07, 6.45) is 3.28. The number of hydrogen-bond acceptors (Lipinski definition) is 1. The molecule has 0 amide bonds. The van der Waals surface area contributed by atoms with Crippen molar-refractivity contribution in [2.24, 2.45) is 0 Å². The van der Waals surface area contributed by atoms with Gasteiger partial charge in [0.05, 0.1) is 0 Å². The minimum absolute atomic E-state index is 0. The Morgan fingerprint density at radius 2 is 1.38 bits per heavy atom. The van der Waals surface area contributed by atoms with Crippen LogP contribution in [-0.2, 0) is 10.8 Å². The molecule has 0 aliphatic rings. The normalized spacial score (nSPS) is 5.38. The molecule has 4 nitrogen and oxygen atoms in total. The summed E-state index contributed by atoms with van der Waals surface area (Å²) in [6, 6.07) is 0. The molecule has 0 saturated carbocycles. The first-order chi connectivity index (χ1) is 3.15. The van der Waals surface area contributed by atoms with E-state index in [1.54, 1.807) is 12.5 Å². The second-order valence-electron chi connectivity index (χ2n) is 0.831. The van der Waals surface area contributed by atoms with Gasteiger partial charge >= 0.3 is 29.6 Å². The van der Waals surface area contributed by atoms with Crippen molar-refractivity contribution < 1.29 is 33.8 Å². The van der Waals surface area contributed by atoms with Gasteiger partial charge in [-0.3, -0.25) is 9.12 Å². The molecular formula is C2H6N3NaOS. The van der Waals surface area contributed by atoms with Crippen molar-refractivity contribution in [3.8, 4) is 0 Å². The van der Waals surface area contributed by atoms with Crippen molar-refractivity contribution >= 4 is 10.8 Å². The van der Waals surface area contributed by atoms with Gasteiger partial charge in [0.25, 0.3) is 0 Å². The maximum atomic E-state index is 9.56. The first kappa shape index (κ1) is 15.8. The van der Waals surface area contributed by atoms with Crippen LogP contribution < -0.4 is 29.6 Å². The fourth-order valence-electron chi connectivity index (χ4n) is 0. The molecule has 0 aliphatic carbocycles. The standard InChI is InChI=1S/C2H6OS.N3.Na/c1-4(2)3;1-3-2;/h1-2H3;;/q;-1;+1. The van der Waals surface area contributed by atoms with Gasteiger partial charge in [0.2, 0.25) is 0 Å². The Bertz CT molecular complexity index is 85.3. The van der Waals surface area contributed by atoms with Gasteiger partial charge in [-0.2, -0.15) is 0 Å². The molecule has 8 heavy (non-hydrogen) atoms. The molecule has 0 aromatic carbocycles. The molecule has 0 radical (unpaired) electrons. The molecule has 0 atom stereocenters. The SMILES string of the molecule is CS(C)=O.[N-]=[N+]=[N-].[Na+]. The van der Waals surface area contributed by atoms with Crippen LogP contribution in [0, 0.1) is 0 Å². The number of hydrogen-bond donors (Lipinski definition) is 0. The zero-order chi connectivity index (χ0) is 6.28. The van der Waals surface area contributed by atoms with E-state index in [1.165, 1.54) is 4.91 Å². The molecule has 0 spiro atoms. The van der Waals surface area contributed by atoms with E-state index in [1.807, 2.05) is 0 Å².